The van der Waals surface area contributed by atoms with E-state index in [2.05, 4.69) is 26.5 Å². The minimum atomic E-state index is 0.257. The third kappa shape index (κ3) is 3.70. The molecule has 3 aromatic rings. The molecule has 3 aromatic heterocycles. The van der Waals surface area contributed by atoms with Gasteiger partial charge in [-0.2, -0.15) is 19.5 Å². The van der Waals surface area contributed by atoms with Crippen LogP contribution in [0.25, 0.3) is 17.4 Å². The highest BCUT2D eigenvalue weighted by Gasteiger charge is 2.12. The van der Waals surface area contributed by atoms with Crippen molar-refractivity contribution in [1.29, 1.82) is 0 Å². The fraction of sp³-hybridized carbons (Fsp3) is 0.231. The molecule has 0 fully saturated rings. The Kier molecular flexibility index (Phi) is 5.70. The molecule has 3 N–H and O–H groups in total. The van der Waals surface area contributed by atoms with E-state index in [0.29, 0.717) is 23.2 Å². The molecule has 0 radical (unpaired) electrons. The predicted molar refractivity (Wildman–Crippen MR) is 77.5 cm³/mol. The van der Waals surface area contributed by atoms with Gasteiger partial charge in [0.25, 0.3) is 5.78 Å². The number of furan rings is 1. The summed E-state index contributed by atoms with van der Waals surface area (Å²) in [5.41, 5.74) is 5.70. The summed E-state index contributed by atoms with van der Waals surface area (Å²) >= 11 is 0. The maximum atomic E-state index is 7.10. The molecule has 8 nitrogen and oxygen atoms in total. The van der Waals surface area contributed by atoms with Crippen molar-refractivity contribution in [2.45, 2.75) is 20.8 Å². The standard InChI is InChI=1S/C9H8N6O.C2H2O.C2H6/c1-5-11-8(10)15-9(12-5)13-7(14-15)6-3-2-4-16-6;1-2-3;1-2/h2-4H,1H3,(H2,10,11,12,13,14);1,3H;1-2H3. The van der Waals surface area contributed by atoms with Crippen LogP contribution in [0.3, 0.4) is 0 Å². The second kappa shape index (κ2) is 7.49. The van der Waals surface area contributed by atoms with Crippen molar-refractivity contribution in [3.05, 3.63) is 24.2 Å². The molecular formula is C13H16N6O2. The van der Waals surface area contributed by atoms with E-state index in [1.54, 1.807) is 25.3 Å². The van der Waals surface area contributed by atoms with Crippen molar-refractivity contribution in [3.63, 3.8) is 0 Å². The smallest absolute Gasteiger partial charge is 0.257 e. The van der Waals surface area contributed by atoms with Gasteiger partial charge in [-0.05, 0) is 19.1 Å². The second-order valence-corrected chi connectivity index (χ2v) is 3.38. The molecule has 8 heteroatoms. The summed E-state index contributed by atoms with van der Waals surface area (Å²) in [6.07, 6.45) is 6.96. The van der Waals surface area contributed by atoms with E-state index in [1.165, 1.54) is 10.6 Å². The Labute approximate surface area is 121 Å². The monoisotopic (exact) mass is 288 g/mol. The molecule has 0 aliphatic rings. The molecule has 0 spiro atoms. The SMILES string of the molecule is C#CO.CC.Cc1nc(N)n2nc(-c3ccco3)nc2n1. The summed E-state index contributed by atoms with van der Waals surface area (Å²) in [6.45, 7) is 5.75. The highest BCUT2D eigenvalue weighted by atomic mass is 16.3. The van der Waals surface area contributed by atoms with E-state index in [0.717, 1.165) is 0 Å². The van der Waals surface area contributed by atoms with E-state index >= 15 is 0 Å². The van der Waals surface area contributed by atoms with Crippen molar-refractivity contribution in [3.8, 4) is 24.1 Å². The van der Waals surface area contributed by atoms with Crippen LogP contribution in [0, 0.1) is 19.5 Å². The van der Waals surface area contributed by atoms with E-state index in [4.69, 9.17) is 15.3 Å². The van der Waals surface area contributed by atoms with Crippen LogP contribution >= 0.6 is 0 Å². The van der Waals surface area contributed by atoms with Crippen LogP contribution in [-0.4, -0.2) is 29.7 Å². The number of nitrogens with zero attached hydrogens (tertiary/aromatic N) is 5. The van der Waals surface area contributed by atoms with Gasteiger partial charge in [0.15, 0.2) is 5.76 Å². The number of nitrogens with two attached hydrogens (primary N) is 1. The third-order valence-corrected chi connectivity index (χ3v) is 2.09. The summed E-state index contributed by atoms with van der Waals surface area (Å²) in [7, 11) is 0. The first kappa shape index (κ1) is 16.0. The zero-order valence-corrected chi connectivity index (χ0v) is 12.0. The number of nitrogen functional groups attached to an aromatic ring is 1. The van der Waals surface area contributed by atoms with Crippen LogP contribution in [0.5, 0.6) is 0 Å². The Balaban J connectivity index is 0.000000395. The van der Waals surface area contributed by atoms with Crippen LogP contribution in [0.4, 0.5) is 5.95 Å². The average molecular weight is 288 g/mol. The lowest BCUT2D eigenvalue weighted by molar-refractivity contribution is 0.518. The number of terminal acetylenes is 1. The van der Waals surface area contributed by atoms with Gasteiger partial charge in [0, 0.05) is 0 Å². The largest absolute Gasteiger partial charge is 0.462 e. The van der Waals surface area contributed by atoms with Crippen molar-refractivity contribution in [2.75, 3.05) is 5.73 Å². The van der Waals surface area contributed by atoms with Gasteiger partial charge in [-0.15, -0.1) is 5.10 Å². The molecule has 0 amide bonds. The molecule has 0 aliphatic carbocycles. The van der Waals surface area contributed by atoms with Crippen molar-refractivity contribution < 1.29 is 9.52 Å². The molecule has 0 saturated carbocycles. The number of aromatic nitrogens is 5. The van der Waals surface area contributed by atoms with Crippen LogP contribution in [-0.2, 0) is 0 Å². The number of anilines is 1. The lowest BCUT2D eigenvalue weighted by atomic mass is 10.4. The Bertz CT molecular complexity index is 727. The van der Waals surface area contributed by atoms with Gasteiger partial charge in [-0.1, -0.05) is 20.3 Å². The van der Waals surface area contributed by atoms with Gasteiger partial charge in [0.1, 0.15) is 11.9 Å². The molecule has 3 heterocycles. The number of hydrogen-bond donors (Lipinski definition) is 2. The van der Waals surface area contributed by atoms with Gasteiger partial charge < -0.3 is 15.3 Å². The number of hydrogen-bond acceptors (Lipinski definition) is 7. The Morgan fingerprint density at radius 1 is 1.33 bits per heavy atom. The van der Waals surface area contributed by atoms with Crippen molar-refractivity contribution >= 4 is 11.7 Å². The molecule has 0 aliphatic heterocycles. The molecule has 0 aromatic carbocycles. The quantitative estimate of drug-likeness (QED) is 0.654. The first-order chi connectivity index (χ1) is 10.2. The highest BCUT2D eigenvalue weighted by Crippen LogP contribution is 2.16. The summed E-state index contributed by atoms with van der Waals surface area (Å²) < 4.78 is 6.57. The zero-order valence-electron chi connectivity index (χ0n) is 12.0. The highest BCUT2D eigenvalue weighted by molar-refractivity contribution is 5.50. The van der Waals surface area contributed by atoms with E-state index in [1.807, 2.05) is 13.8 Å². The molecule has 0 unspecified atom stereocenters. The van der Waals surface area contributed by atoms with Gasteiger partial charge in [0.05, 0.1) is 6.26 Å². The van der Waals surface area contributed by atoms with Gasteiger partial charge in [0.2, 0.25) is 11.8 Å². The molecule has 0 saturated heterocycles. The number of aliphatic hydroxyl groups is 1. The Morgan fingerprint density at radius 3 is 2.57 bits per heavy atom. The van der Waals surface area contributed by atoms with Crippen molar-refractivity contribution in [2.24, 2.45) is 0 Å². The maximum Gasteiger partial charge on any atom is 0.257 e. The van der Waals surface area contributed by atoms with E-state index in [-0.39, 0.29) is 5.95 Å². The maximum absolute atomic E-state index is 7.10. The number of fused-ring (bicyclic) bond motifs is 1. The van der Waals surface area contributed by atoms with Gasteiger partial charge >= 0.3 is 0 Å². The topological polar surface area (TPSA) is 115 Å². The lowest BCUT2D eigenvalue weighted by Crippen LogP contribution is -2.05. The molecule has 110 valence electrons. The summed E-state index contributed by atoms with van der Waals surface area (Å²) in [5.74, 6) is 2.24. The normalized spacial score (nSPS) is 9.05. The van der Waals surface area contributed by atoms with Gasteiger partial charge in [-0.25, -0.2) is 0 Å². The van der Waals surface area contributed by atoms with Crippen LogP contribution in [0.15, 0.2) is 22.8 Å². The Morgan fingerprint density at radius 2 is 2.00 bits per heavy atom. The first-order valence-electron chi connectivity index (χ1n) is 6.16. The Hall–Kier alpha value is -3.08. The summed E-state index contributed by atoms with van der Waals surface area (Å²) in [4.78, 5) is 12.3. The molecular weight excluding hydrogens is 272 g/mol. The molecule has 21 heavy (non-hydrogen) atoms. The number of aryl methyl sites for hydroxylation is 1. The summed E-state index contributed by atoms with van der Waals surface area (Å²) in [5, 5.41) is 11.3. The fourth-order valence-corrected chi connectivity index (χ4v) is 1.42. The second-order valence-electron chi connectivity index (χ2n) is 3.38. The van der Waals surface area contributed by atoms with E-state index in [9.17, 15) is 0 Å². The number of aliphatic hydroxyl groups excluding tert-OH is 1. The minimum Gasteiger partial charge on any atom is -0.462 e. The zero-order chi connectivity index (χ0) is 15.8. The minimum absolute atomic E-state index is 0.257. The fourth-order valence-electron chi connectivity index (χ4n) is 1.42. The van der Waals surface area contributed by atoms with Gasteiger partial charge in [-0.3, -0.25) is 0 Å². The first-order valence-corrected chi connectivity index (χ1v) is 6.16. The van der Waals surface area contributed by atoms with E-state index < -0.39 is 0 Å². The molecule has 0 bridgehead atoms. The molecule has 3 rings (SSSR count). The van der Waals surface area contributed by atoms with Crippen LogP contribution in [0.2, 0.25) is 0 Å². The van der Waals surface area contributed by atoms with Crippen molar-refractivity contribution in [1.82, 2.24) is 24.6 Å². The molecule has 0 atom stereocenters. The number of rotatable bonds is 1. The lowest BCUT2D eigenvalue weighted by Gasteiger charge is -1.95. The summed E-state index contributed by atoms with van der Waals surface area (Å²) in [6, 6.07) is 3.53. The van der Waals surface area contributed by atoms with Crippen LogP contribution < -0.4 is 5.73 Å². The average Bonchev–Trinajstić information content (AvgIpc) is 3.09. The third-order valence-electron chi connectivity index (χ3n) is 2.09. The predicted octanol–water partition coefficient (Wildman–Crippen LogP) is 1.65. The van der Waals surface area contributed by atoms with Crippen LogP contribution in [0.1, 0.15) is 19.7 Å².